The van der Waals surface area contributed by atoms with Crippen molar-refractivity contribution >= 4 is 28.3 Å². The third kappa shape index (κ3) is 4.72. The zero-order chi connectivity index (χ0) is 23.0. The van der Waals surface area contributed by atoms with Gasteiger partial charge in [0, 0.05) is 26.9 Å². The van der Waals surface area contributed by atoms with Gasteiger partial charge in [-0.2, -0.15) is 4.39 Å². The molecule has 7 atom stereocenters. The Kier molecular flexibility index (Phi) is 7.21. The molecular weight excluding hydrogens is 457 g/mol. The van der Waals surface area contributed by atoms with E-state index in [1.807, 2.05) is 6.07 Å². The molecule has 1 saturated heterocycles. The largest absolute Gasteiger partial charge is 0.394 e. The van der Waals surface area contributed by atoms with Gasteiger partial charge in [-0.25, -0.2) is 4.98 Å². The lowest BCUT2D eigenvalue weighted by atomic mass is 9.90. The minimum Gasteiger partial charge on any atom is -0.394 e. The highest BCUT2D eigenvalue weighted by Gasteiger charge is 2.44. The predicted octanol–water partition coefficient (Wildman–Crippen LogP) is 2.72. The van der Waals surface area contributed by atoms with Crippen molar-refractivity contribution < 1.29 is 29.6 Å². The summed E-state index contributed by atoms with van der Waals surface area (Å²) in [6.45, 7) is 1.63. The van der Waals surface area contributed by atoms with Crippen LogP contribution in [0.5, 0.6) is 0 Å². The highest BCUT2D eigenvalue weighted by atomic mass is 35.5. The van der Waals surface area contributed by atoms with E-state index in [0.29, 0.717) is 17.0 Å². The van der Waals surface area contributed by atoms with Crippen LogP contribution in [0.2, 0.25) is 5.02 Å². The Morgan fingerprint density at radius 3 is 2.59 bits per heavy atom. The van der Waals surface area contributed by atoms with Gasteiger partial charge >= 0.3 is 0 Å². The monoisotopic (exact) mass is 481 g/mol. The third-order valence-corrected chi connectivity index (χ3v) is 7.90. The molecule has 32 heavy (non-hydrogen) atoms. The first kappa shape index (κ1) is 23.6. The Bertz CT molecular complexity index is 989. The molecule has 0 spiro atoms. The number of halogens is 2. The first-order valence-electron chi connectivity index (χ1n) is 10.4. The molecule has 1 aromatic heterocycles. The second kappa shape index (κ2) is 9.77. The zero-order valence-electron chi connectivity index (χ0n) is 17.3. The van der Waals surface area contributed by atoms with Crippen LogP contribution < -0.4 is 0 Å². The Morgan fingerprint density at radius 2 is 1.91 bits per heavy atom. The van der Waals surface area contributed by atoms with Crippen molar-refractivity contribution in [1.82, 2.24) is 4.98 Å². The molecule has 0 aliphatic carbocycles. The highest BCUT2D eigenvalue weighted by Crippen LogP contribution is 2.44. The van der Waals surface area contributed by atoms with Crippen LogP contribution in [0.15, 0.2) is 42.6 Å². The number of hydrogen-bond donors (Lipinski definition) is 4. The maximum atomic E-state index is 13.1. The molecule has 0 amide bonds. The molecule has 0 saturated carbocycles. The van der Waals surface area contributed by atoms with Crippen molar-refractivity contribution in [2.24, 2.45) is 5.92 Å². The second-order valence-corrected chi connectivity index (χ2v) is 9.91. The number of ether oxygens (including phenoxy) is 1. The van der Waals surface area contributed by atoms with E-state index in [-0.39, 0.29) is 11.2 Å². The first-order chi connectivity index (χ1) is 15.3. The lowest BCUT2D eigenvalue weighted by Gasteiger charge is -2.40. The Hall–Kier alpha value is -1.52. The smallest absolute Gasteiger partial charge is 0.212 e. The molecule has 3 heterocycles. The molecule has 6 nitrogen and oxygen atoms in total. The van der Waals surface area contributed by atoms with Gasteiger partial charge in [-0.15, -0.1) is 11.8 Å². The van der Waals surface area contributed by atoms with Crippen molar-refractivity contribution in [3.63, 3.8) is 0 Å². The van der Waals surface area contributed by atoms with E-state index in [0.717, 1.165) is 16.0 Å². The standard InChI is InChI=1S/C23H25ClFNO5S/c1-11-6-18(13-3-5-19(25)26-9-13)32-17(11)8-14-7-12(2-4-15(14)24)23-22(30)21(29)20(28)16(10-27)31-23/h2-7,9,11,16-17,20-23,27-30H,8,10H2,1H3. The van der Waals surface area contributed by atoms with E-state index in [1.54, 1.807) is 30.0 Å². The van der Waals surface area contributed by atoms with E-state index < -0.39 is 43.1 Å². The SMILES string of the molecule is CC1C=C(c2ccc(F)nc2)SC1Cc1cc(C2OC(CO)C(O)C(O)C2O)ccc1Cl. The molecule has 2 aromatic rings. The van der Waals surface area contributed by atoms with Gasteiger partial charge in [0.25, 0.3) is 0 Å². The Balaban J connectivity index is 1.52. The molecule has 7 unspecified atom stereocenters. The molecule has 1 fully saturated rings. The summed E-state index contributed by atoms with van der Waals surface area (Å²) in [5.41, 5.74) is 2.33. The number of pyridine rings is 1. The summed E-state index contributed by atoms with van der Waals surface area (Å²) in [6.07, 6.45) is -1.76. The van der Waals surface area contributed by atoms with Crippen molar-refractivity contribution in [2.45, 2.75) is 49.1 Å². The van der Waals surface area contributed by atoms with Crippen molar-refractivity contribution in [3.05, 3.63) is 70.3 Å². The summed E-state index contributed by atoms with van der Waals surface area (Å²) in [4.78, 5) is 4.77. The van der Waals surface area contributed by atoms with Gasteiger partial charge in [0.1, 0.15) is 30.5 Å². The summed E-state index contributed by atoms with van der Waals surface area (Å²) in [5, 5.41) is 40.8. The molecular formula is C23H25ClFNO5S. The van der Waals surface area contributed by atoms with Gasteiger partial charge in [-0.1, -0.05) is 36.7 Å². The summed E-state index contributed by atoms with van der Waals surface area (Å²) in [6, 6.07) is 8.31. The number of rotatable bonds is 5. The number of allylic oxidation sites excluding steroid dienone is 1. The average Bonchev–Trinajstić information content (AvgIpc) is 3.14. The predicted molar refractivity (Wildman–Crippen MR) is 121 cm³/mol. The second-order valence-electron chi connectivity index (χ2n) is 8.22. The molecule has 2 aliphatic rings. The summed E-state index contributed by atoms with van der Waals surface area (Å²) >= 11 is 8.15. The van der Waals surface area contributed by atoms with Crippen LogP contribution in [-0.2, 0) is 11.2 Å². The van der Waals surface area contributed by atoms with E-state index >= 15 is 0 Å². The molecule has 4 rings (SSSR count). The highest BCUT2D eigenvalue weighted by molar-refractivity contribution is 8.09. The van der Waals surface area contributed by atoms with E-state index in [1.165, 1.54) is 12.3 Å². The fourth-order valence-corrected chi connectivity index (χ4v) is 5.72. The fourth-order valence-electron chi connectivity index (χ4n) is 4.09. The van der Waals surface area contributed by atoms with Crippen LogP contribution in [0.1, 0.15) is 29.7 Å². The van der Waals surface area contributed by atoms with Crippen molar-refractivity contribution in [2.75, 3.05) is 6.61 Å². The van der Waals surface area contributed by atoms with Crippen LogP contribution in [0.3, 0.4) is 0 Å². The number of aliphatic hydroxyl groups is 4. The Morgan fingerprint density at radius 1 is 1.12 bits per heavy atom. The Labute approximate surface area is 194 Å². The molecule has 1 aromatic carbocycles. The van der Waals surface area contributed by atoms with Gasteiger partial charge in [0.05, 0.1) is 6.61 Å². The quantitative estimate of drug-likeness (QED) is 0.487. The van der Waals surface area contributed by atoms with Gasteiger partial charge in [0.2, 0.25) is 5.95 Å². The zero-order valence-corrected chi connectivity index (χ0v) is 18.9. The number of hydrogen-bond acceptors (Lipinski definition) is 7. The van der Waals surface area contributed by atoms with Crippen molar-refractivity contribution in [1.29, 1.82) is 0 Å². The summed E-state index contributed by atoms with van der Waals surface area (Å²) in [7, 11) is 0. The number of benzene rings is 1. The third-order valence-electron chi connectivity index (χ3n) is 6.00. The number of nitrogens with zero attached hydrogens (tertiary/aromatic N) is 1. The molecule has 9 heteroatoms. The lowest BCUT2D eigenvalue weighted by Crippen LogP contribution is -2.55. The van der Waals surface area contributed by atoms with Gasteiger partial charge in [-0.05, 0) is 41.7 Å². The summed E-state index contributed by atoms with van der Waals surface area (Å²) in [5.74, 6) is -0.272. The molecule has 2 aliphatic heterocycles. The van der Waals surface area contributed by atoms with Crippen LogP contribution in [-0.4, -0.2) is 61.7 Å². The topological polar surface area (TPSA) is 103 Å². The normalized spacial score (nSPS) is 32.7. The van der Waals surface area contributed by atoms with Gasteiger partial charge < -0.3 is 25.2 Å². The minimum absolute atomic E-state index is 0.192. The van der Waals surface area contributed by atoms with E-state index in [4.69, 9.17) is 16.3 Å². The number of thioether (sulfide) groups is 1. The minimum atomic E-state index is -1.44. The number of aliphatic hydroxyl groups excluding tert-OH is 4. The maximum absolute atomic E-state index is 13.1. The van der Waals surface area contributed by atoms with E-state index in [2.05, 4.69) is 18.0 Å². The number of aromatic nitrogens is 1. The van der Waals surface area contributed by atoms with Crippen LogP contribution in [0, 0.1) is 11.9 Å². The van der Waals surface area contributed by atoms with Gasteiger partial charge in [-0.3, -0.25) is 0 Å². The fraction of sp³-hybridized carbons (Fsp3) is 0.435. The molecule has 0 bridgehead atoms. The molecule has 172 valence electrons. The lowest BCUT2D eigenvalue weighted by molar-refractivity contribution is -0.231. The van der Waals surface area contributed by atoms with Gasteiger partial charge in [0.15, 0.2) is 0 Å². The molecule has 0 radical (unpaired) electrons. The van der Waals surface area contributed by atoms with Crippen LogP contribution in [0.25, 0.3) is 4.91 Å². The van der Waals surface area contributed by atoms with E-state index in [9.17, 15) is 24.8 Å². The summed E-state index contributed by atoms with van der Waals surface area (Å²) < 4.78 is 18.8. The van der Waals surface area contributed by atoms with Crippen LogP contribution in [0.4, 0.5) is 4.39 Å². The molecule has 4 N–H and O–H groups in total. The van der Waals surface area contributed by atoms with Crippen LogP contribution >= 0.6 is 23.4 Å². The van der Waals surface area contributed by atoms with Crippen molar-refractivity contribution in [3.8, 4) is 0 Å². The maximum Gasteiger partial charge on any atom is 0.212 e. The average molecular weight is 482 g/mol. The first-order valence-corrected chi connectivity index (χ1v) is 11.6.